The Kier molecular flexibility index (Phi) is 4.85. The maximum Gasteiger partial charge on any atom is 0.323 e. The highest BCUT2D eigenvalue weighted by Crippen LogP contribution is 2.41. The van der Waals surface area contributed by atoms with Gasteiger partial charge in [-0.2, -0.15) is 0 Å². The zero-order valence-corrected chi connectivity index (χ0v) is 13.2. The third-order valence-corrected chi connectivity index (χ3v) is 5.95. The first kappa shape index (κ1) is 15.3. The van der Waals surface area contributed by atoms with Crippen molar-refractivity contribution in [2.24, 2.45) is 11.8 Å². The molecular weight excluding hydrogens is 266 g/mol. The number of ether oxygens (including phenoxy) is 1. The van der Waals surface area contributed by atoms with Crippen molar-refractivity contribution < 1.29 is 14.6 Å². The van der Waals surface area contributed by atoms with Crippen LogP contribution in [0.15, 0.2) is 0 Å². The molecule has 2 aliphatic carbocycles. The first-order chi connectivity index (χ1) is 10.2. The van der Waals surface area contributed by atoms with E-state index in [1.165, 1.54) is 39.2 Å². The topological polar surface area (TPSA) is 49.8 Å². The zero-order valence-electron chi connectivity index (χ0n) is 13.2. The van der Waals surface area contributed by atoms with Crippen molar-refractivity contribution in [1.29, 1.82) is 0 Å². The Morgan fingerprint density at radius 3 is 2.62 bits per heavy atom. The fourth-order valence-electron chi connectivity index (χ4n) is 4.82. The summed E-state index contributed by atoms with van der Waals surface area (Å²) in [6.45, 7) is 1.02. The van der Waals surface area contributed by atoms with Crippen LogP contribution in [-0.2, 0) is 9.53 Å². The molecule has 120 valence electrons. The molecule has 1 aliphatic heterocycles. The number of carbonyl (C=O) groups is 1. The number of esters is 1. The molecule has 1 heterocycles. The molecule has 4 atom stereocenters. The summed E-state index contributed by atoms with van der Waals surface area (Å²) in [6, 6.07) is 0.317. The Hall–Kier alpha value is -0.610. The van der Waals surface area contributed by atoms with Crippen molar-refractivity contribution in [2.45, 2.75) is 76.0 Å². The summed E-state index contributed by atoms with van der Waals surface area (Å²) in [7, 11) is 1.50. The van der Waals surface area contributed by atoms with Gasteiger partial charge in [-0.3, -0.25) is 9.69 Å². The van der Waals surface area contributed by atoms with Gasteiger partial charge in [-0.05, 0) is 50.4 Å². The second kappa shape index (κ2) is 6.66. The maximum absolute atomic E-state index is 12.2. The van der Waals surface area contributed by atoms with Crippen LogP contribution in [0.25, 0.3) is 0 Å². The number of fused-ring (bicyclic) bond motifs is 1. The minimum atomic E-state index is -0.184. The lowest BCUT2D eigenvalue weighted by Crippen LogP contribution is -2.47. The average Bonchev–Trinajstić information content (AvgIpc) is 2.86. The first-order valence-electron chi connectivity index (χ1n) is 8.70. The van der Waals surface area contributed by atoms with Gasteiger partial charge in [0.15, 0.2) is 0 Å². The molecule has 0 aromatic heterocycles. The van der Waals surface area contributed by atoms with Crippen molar-refractivity contribution in [1.82, 2.24) is 4.90 Å². The van der Waals surface area contributed by atoms with E-state index in [1.807, 2.05) is 0 Å². The molecular formula is C17H29NO3. The van der Waals surface area contributed by atoms with E-state index in [1.54, 1.807) is 0 Å². The summed E-state index contributed by atoms with van der Waals surface area (Å²) in [5.41, 5.74) is 0. The molecule has 0 bridgehead atoms. The summed E-state index contributed by atoms with van der Waals surface area (Å²) < 4.78 is 5.04. The molecule has 0 amide bonds. The van der Waals surface area contributed by atoms with E-state index in [-0.39, 0.29) is 18.1 Å². The molecule has 0 spiro atoms. The van der Waals surface area contributed by atoms with Gasteiger partial charge in [0.1, 0.15) is 6.04 Å². The first-order valence-corrected chi connectivity index (χ1v) is 8.70. The summed E-state index contributed by atoms with van der Waals surface area (Å²) in [6.07, 6.45) is 10.2. The number of likely N-dealkylation sites (tertiary alicyclic amines) is 1. The largest absolute Gasteiger partial charge is 0.468 e. The minimum Gasteiger partial charge on any atom is -0.468 e. The summed E-state index contributed by atoms with van der Waals surface area (Å²) in [5, 5.41) is 10.0. The number of hydrogen-bond donors (Lipinski definition) is 1. The quantitative estimate of drug-likeness (QED) is 0.812. The molecule has 0 aromatic carbocycles. The van der Waals surface area contributed by atoms with Gasteiger partial charge < -0.3 is 9.84 Å². The van der Waals surface area contributed by atoms with Gasteiger partial charge in [-0.25, -0.2) is 0 Å². The summed E-state index contributed by atoms with van der Waals surface area (Å²) in [4.78, 5) is 14.6. The van der Waals surface area contributed by atoms with Gasteiger partial charge in [-0.1, -0.05) is 19.3 Å². The summed E-state index contributed by atoms with van der Waals surface area (Å²) >= 11 is 0. The van der Waals surface area contributed by atoms with E-state index in [9.17, 15) is 9.90 Å². The van der Waals surface area contributed by atoms with Crippen molar-refractivity contribution >= 4 is 5.97 Å². The number of rotatable bonds is 3. The van der Waals surface area contributed by atoms with E-state index < -0.39 is 0 Å². The number of hydrogen-bond acceptors (Lipinski definition) is 4. The number of methoxy groups -OCH3 is 1. The Morgan fingerprint density at radius 2 is 1.90 bits per heavy atom. The van der Waals surface area contributed by atoms with Gasteiger partial charge in [0.2, 0.25) is 0 Å². The van der Waals surface area contributed by atoms with E-state index in [0.717, 1.165) is 38.1 Å². The SMILES string of the molecule is COC(=O)[C@@H]1C[C@@H]2CC[C@@H](O)C[C@@H]2N1CC1CCCCC1. The molecule has 1 saturated heterocycles. The van der Waals surface area contributed by atoms with Crippen molar-refractivity contribution in [3.05, 3.63) is 0 Å². The molecule has 1 N–H and O–H groups in total. The lowest BCUT2D eigenvalue weighted by molar-refractivity contribution is -0.146. The molecule has 3 fully saturated rings. The van der Waals surface area contributed by atoms with Crippen molar-refractivity contribution in [3.8, 4) is 0 Å². The second-order valence-electron chi connectivity index (χ2n) is 7.27. The molecule has 0 unspecified atom stereocenters. The van der Waals surface area contributed by atoms with Crippen LogP contribution in [0.4, 0.5) is 0 Å². The Balaban J connectivity index is 1.72. The number of nitrogens with zero attached hydrogens (tertiary/aromatic N) is 1. The van der Waals surface area contributed by atoms with Crippen molar-refractivity contribution in [2.75, 3.05) is 13.7 Å². The molecule has 2 saturated carbocycles. The van der Waals surface area contributed by atoms with Crippen LogP contribution in [0.2, 0.25) is 0 Å². The van der Waals surface area contributed by atoms with Gasteiger partial charge in [0.25, 0.3) is 0 Å². The lowest BCUT2D eigenvalue weighted by atomic mass is 9.82. The molecule has 3 aliphatic rings. The van der Waals surface area contributed by atoms with Gasteiger partial charge in [0.05, 0.1) is 13.2 Å². The third-order valence-electron chi connectivity index (χ3n) is 5.95. The normalized spacial score (nSPS) is 38.2. The maximum atomic E-state index is 12.2. The monoisotopic (exact) mass is 295 g/mol. The number of aliphatic hydroxyl groups excluding tert-OH is 1. The fraction of sp³-hybridized carbons (Fsp3) is 0.941. The van der Waals surface area contributed by atoms with E-state index in [2.05, 4.69) is 4.90 Å². The van der Waals surface area contributed by atoms with Crippen LogP contribution in [-0.4, -0.2) is 47.8 Å². The molecule has 4 nitrogen and oxygen atoms in total. The molecule has 4 heteroatoms. The highest BCUT2D eigenvalue weighted by Gasteiger charge is 2.47. The van der Waals surface area contributed by atoms with E-state index in [0.29, 0.717) is 12.0 Å². The highest BCUT2D eigenvalue weighted by molar-refractivity contribution is 5.76. The molecule has 21 heavy (non-hydrogen) atoms. The zero-order chi connectivity index (χ0) is 14.8. The number of aliphatic hydroxyl groups is 1. The van der Waals surface area contributed by atoms with Crippen LogP contribution < -0.4 is 0 Å². The van der Waals surface area contributed by atoms with Crippen molar-refractivity contribution in [3.63, 3.8) is 0 Å². The highest BCUT2D eigenvalue weighted by atomic mass is 16.5. The number of carbonyl (C=O) groups excluding carboxylic acids is 1. The van der Waals surface area contributed by atoms with Crippen LogP contribution in [0.1, 0.15) is 57.8 Å². The molecule has 3 rings (SSSR count). The fourth-order valence-corrected chi connectivity index (χ4v) is 4.82. The third kappa shape index (κ3) is 3.26. The lowest BCUT2D eigenvalue weighted by Gasteiger charge is -2.37. The van der Waals surface area contributed by atoms with E-state index >= 15 is 0 Å². The van der Waals surface area contributed by atoms with Gasteiger partial charge >= 0.3 is 5.97 Å². The smallest absolute Gasteiger partial charge is 0.323 e. The average molecular weight is 295 g/mol. The predicted octanol–water partition coefficient (Wildman–Crippen LogP) is 2.34. The predicted molar refractivity (Wildman–Crippen MR) is 80.8 cm³/mol. The van der Waals surface area contributed by atoms with Crippen LogP contribution in [0.3, 0.4) is 0 Å². The Bertz CT molecular complexity index is 367. The van der Waals surface area contributed by atoms with Gasteiger partial charge in [0, 0.05) is 12.6 Å². The standard InChI is InChI=1S/C17H29NO3/c1-21-17(20)16-9-13-7-8-14(19)10-15(13)18(16)11-12-5-3-2-4-6-12/h12-16,19H,2-11H2,1H3/t13-,14+,15-,16-/m0/s1. The van der Waals surface area contributed by atoms with Gasteiger partial charge in [-0.15, -0.1) is 0 Å². The van der Waals surface area contributed by atoms with Crippen LogP contribution >= 0.6 is 0 Å². The molecule has 0 radical (unpaired) electrons. The van der Waals surface area contributed by atoms with E-state index in [4.69, 9.17) is 4.74 Å². The Morgan fingerprint density at radius 1 is 1.14 bits per heavy atom. The van der Waals surface area contributed by atoms with Crippen LogP contribution in [0, 0.1) is 11.8 Å². The van der Waals surface area contributed by atoms with Crippen LogP contribution in [0.5, 0.6) is 0 Å². The second-order valence-corrected chi connectivity index (χ2v) is 7.27. The minimum absolute atomic E-state index is 0.0720. The molecule has 0 aromatic rings. The Labute approximate surface area is 127 Å². The summed E-state index contributed by atoms with van der Waals surface area (Å²) in [5.74, 6) is 1.22.